The number of aryl methyl sites for hydroxylation is 1. The van der Waals surface area contributed by atoms with Gasteiger partial charge in [0.2, 0.25) is 5.82 Å². The predicted molar refractivity (Wildman–Crippen MR) is 144 cm³/mol. The molecule has 1 amide bonds. The number of rotatable bonds is 5. The highest BCUT2D eigenvalue weighted by molar-refractivity contribution is 5.96. The number of benzene rings is 1. The molecule has 3 heterocycles. The zero-order valence-corrected chi connectivity index (χ0v) is 21.5. The Morgan fingerprint density at radius 2 is 1.72 bits per heavy atom. The lowest BCUT2D eigenvalue weighted by Gasteiger charge is -2.40. The fourth-order valence-electron chi connectivity index (χ4n) is 6.11. The van der Waals surface area contributed by atoms with Crippen LogP contribution in [0, 0.1) is 6.92 Å². The average molecular weight is 493 g/mol. The van der Waals surface area contributed by atoms with Crippen LogP contribution in [-0.2, 0) is 0 Å². The maximum absolute atomic E-state index is 13.6. The summed E-state index contributed by atoms with van der Waals surface area (Å²) in [5, 5.41) is 4.53. The van der Waals surface area contributed by atoms with Crippen LogP contribution in [0.4, 0.5) is 5.82 Å². The molecular formula is C27H40N8O. The first-order chi connectivity index (χ1) is 17.5. The Bertz CT molecular complexity index is 1100. The minimum Gasteiger partial charge on any atom is -0.370 e. The van der Waals surface area contributed by atoms with Gasteiger partial charge >= 0.3 is 0 Å². The molecule has 1 aliphatic carbocycles. The van der Waals surface area contributed by atoms with Crippen molar-refractivity contribution >= 4 is 28.6 Å². The molecule has 5 rings (SSSR count). The third-order valence-electron chi connectivity index (χ3n) is 8.07. The van der Waals surface area contributed by atoms with Gasteiger partial charge in [-0.05, 0) is 70.7 Å². The van der Waals surface area contributed by atoms with E-state index in [2.05, 4.69) is 28.2 Å². The highest BCUT2D eigenvalue weighted by Gasteiger charge is 2.30. The number of fused-ring (bicyclic) bond motifs is 1. The molecule has 194 valence electrons. The molecule has 2 aliphatic heterocycles. The molecule has 9 heteroatoms. The lowest BCUT2D eigenvalue weighted by Crippen LogP contribution is -2.48. The van der Waals surface area contributed by atoms with Gasteiger partial charge < -0.3 is 26.6 Å². The summed E-state index contributed by atoms with van der Waals surface area (Å²) in [4.78, 5) is 32.1. The summed E-state index contributed by atoms with van der Waals surface area (Å²) in [5.41, 5.74) is 13.3. The van der Waals surface area contributed by atoms with E-state index in [1.54, 1.807) is 0 Å². The first-order valence-electron chi connectivity index (χ1n) is 13.6. The predicted octanol–water partition coefficient (Wildman–Crippen LogP) is 3.03. The molecule has 0 radical (unpaired) electrons. The van der Waals surface area contributed by atoms with E-state index < -0.39 is 0 Å². The number of aliphatic imine (C=N–C) groups is 1. The Balaban J connectivity index is 1.37. The van der Waals surface area contributed by atoms with Crippen molar-refractivity contribution in [3.63, 3.8) is 0 Å². The number of piperidine rings is 2. The second-order valence-electron chi connectivity index (χ2n) is 10.7. The van der Waals surface area contributed by atoms with Gasteiger partial charge in [-0.3, -0.25) is 4.79 Å². The van der Waals surface area contributed by atoms with Crippen LogP contribution in [0.25, 0.3) is 10.9 Å². The number of aromatic nitrogens is 2. The average Bonchev–Trinajstić information content (AvgIpc) is 2.90. The number of carbonyl (C=O) groups excluding carboxylic acids is 1. The normalized spacial score (nSPS) is 24.0. The van der Waals surface area contributed by atoms with Crippen LogP contribution >= 0.6 is 0 Å². The molecule has 3 aliphatic rings. The van der Waals surface area contributed by atoms with Crippen molar-refractivity contribution in [2.75, 3.05) is 31.5 Å². The molecule has 2 unspecified atom stereocenters. The van der Waals surface area contributed by atoms with Gasteiger partial charge in [0.1, 0.15) is 5.82 Å². The van der Waals surface area contributed by atoms with E-state index in [1.807, 2.05) is 17.0 Å². The third kappa shape index (κ3) is 5.56. The molecule has 1 saturated carbocycles. The Hall–Kier alpha value is -2.94. The van der Waals surface area contributed by atoms with Crippen molar-refractivity contribution in [2.45, 2.75) is 82.8 Å². The van der Waals surface area contributed by atoms with Crippen molar-refractivity contribution in [3.05, 3.63) is 29.6 Å². The van der Waals surface area contributed by atoms with Crippen molar-refractivity contribution in [3.8, 4) is 0 Å². The Labute approximate surface area is 213 Å². The summed E-state index contributed by atoms with van der Waals surface area (Å²) >= 11 is 0. The molecule has 0 bridgehead atoms. The first kappa shape index (κ1) is 24.7. The van der Waals surface area contributed by atoms with Crippen molar-refractivity contribution < 1.29 is 4.79 Å². The monoisotopic (exact) mass is 492 g/mol. The van der Waals surface area contributed by atoms with E-state index in [4.69, 9.17) is 21.4 Å². The number of likely N-dealkylation sites (tertiary alicyclic amines) is 2. The van der Waals surface area contributed by atoms with Gasteiger partial charge in [-0.25, -0.2) is 15.0 Å². The van der Waals surface area contributed by atoms with Gasteiger partial charge in [0, 0.05) is 24.5 Å². The number of nitrogens with zero attached hydrogens (tertiary/aromatic N) is 5. The summed E-state index contributed by atoms with van der Waals surface area (Å²) in [7, 11) is 0. The smallest absolute Gasteiger partial charge is 0.291 e. The molecule has 2 saturated heterocycles. The second-order valence-corrected chi connectivity index (χ2v) is 10.7. The summed E-state index contributed by atoms with van der Waals surface area (Å²) < 4.78 is 0. The van der Waals surface area contributed by atoms with Crippen molar-refractivity contribution in [1.29, 1.82) is 0 Å². The molecule has 36 heavy (non-hydrogen) atoms. The highest BCUT2D eigenvalue weighted by atomic mass is 16.2. The fraction of sp³-hybridized carbons (Fsp3) is 0.630. The molecule has 0 spiro atoms. The zero-order valence-electron chi connectivity index (χ0n) is 21.5. The number of nitrogens with one attached hydrogen (secondary N) is 1. The third-order valence-corrected chi connectivity index (χ3v) is 8.07. The standard InChI is InChI=1S/C27H40N8O/c1-18-9-10-21-20(17-18)24(31-22-7-3-4-8-23(22)32-27(28)29)33-25(30-21)26(36)35-15-11-19(12-16-35)34-13-5-2-6-14-34/h9-10,17,19,22-23H,2-8,11-16H2,1H3,(H4,28,29,32)(H,30,31,33). The topological polar surface area (TPSA) is 126 Å². The van der Waals surface area contributed by atoms with Crippen LogP contribution < -0.4 is 16.8 Å². The lowest BCUT2D eigenvalue weighted by molar-refractivity contribution is 0.0579. The SMILES string of the molecule is Cc1ccc2nc(C(=O)N3CCC(N4CCCCC4)CC3)nc(NC3CCCCC3N=C(N)N)c2c1. The van der Waals surface area contributed by atoms with Crippen molar-refractivity contribution in [2.24, 2.45) is 16.5 Å². The molecule has 2 aromatic rings. The second kappa shape index (κ2) is 11.0. The maximum atomic E-state index is 13.6. The summed E-state index contributed by atoms with van der Waals surface area (Å²) in [6, 6.07) is 6.72. The van der Waals surface area contributed by atoms with E-state index in [0.29, 0.717) is 11.9 Å². The number of hydrogen-bond acceptors (Lipinski definition) is 6. The van der Waals surface area contributed by atoms with Crippen molar-refractivity contribution in [1.82, 2.24) is 19.8 Å². The van der Waals surface area contributed by atoms with Gasteiger partial charge in [-0.1, -0.05) is 30.9 Å². The van der Waals surface area contributed by atoms with E-state index in [0.717, 1.165) is 68.1 Å². The number of nitrogens with two attached hydrogens (primary N) is 2. The molecular weight excluding hydrogens is 452 g/mol. The van der Waals surface area contributed by atoms with E-state index in [-0.39, 0.29) is 29.8 Å². The van der Waals surface area contributed by atoms with Gasteiger partial charge in [0.15, 0.2) is 5.96 Å². The minimum atomic E-state index is -0.0814. The number of anilines is 1. The Kier molecular flexibility index (Phi) is 7.55. The number of hydrogen-bond donors (Lipinski definition) is 3. The van der Waals surface area contributed by atoms with Crippen LogP contribution in [0.5, 0.6) is 0 Å². The van der Waals surface area contributed by atoms with E-state index >= 15 is 0 Å². The van der Waals surface area contributed by atoms with Crippen LogP contribution in [-0.4, -0.2) is 75.9 Å². The van der Waals surface area contributed by atoms with Gasteiger partial charge in [0.25, 0.3) is 5.91 Å². The molecule has 1 aromatic carbocycles. The molecule has 9 nitrogen and oxygen atoms in total. The van der Waals surface area contributed by atoms with Crippen LogP contribution in [0.2, 0.25) is 0 Å². The van der Waals surface area contributed by atoms with Gasteiger partial charge in [0.05, 0.1) is 17.6 Å². The largest absolute Gasteiger partial charge is 0.370 e. The summed E-state index contributed by atoms with van der Waals surface area (Å²) in [5.74, 6) is 0.986. The number of carbonyl (C=O) groups is 1. The Morgan fingerprint density at radius 1 is 0.972 bits per heavy atom. The molecule has 2 atom stereocenters. The zero-order chi connectivity index (χ0) is 25.1. The Morgan fingerprint density at radius 3 is 2.47 bits per heavy atom. The van der Waals surface area contributed by atoms with Crippen LogP contribution in [0.15, 0.2) is 23.2 Å². The first-order valence-corrected chi connectivity index (χ1v) is 13.6. The quantitative estimate of drug-likeness (QED) is 0.433. The lowest BCUT2D eigenvalue weighted by atomic mass is 9.90. The van der Waals surface area contributed by atoms with E-state index in [9.17, 15) is 4.79 Å². The molecule has 1 aromatic heterocycles. The summed E-state index contributed by atoms with van der Waals surface area (Å²) in [6.07, 6.45) is 10.1. The van der Waals surface area contributed by atoms with Crippen LogP contribution in [0.3, 0.4) is 0 Å². The minimum absolute atomic E-state index is 0.00783. The molecule has 5 N–H and O–H groups in total. The summed E-state index contributed by atoms with van der Waals surface area (Å²) in [6.45, 7) is 5.96. The van der Waals surface area contributed by atoms with E-state index in [1.165, 1.54) is 32.4 Å². The fourth-order valence-corrected chi connectivity index (χ4v) is 6.11. The number of amides is 1. The van der Waals surface area contributed by atoms with Crippen LogP contribution in [0.1, 0.15) is 74.0 Å². The molecule has 3 fully saturated rings. The highest BCUT2D eigenvalue weighted by Crippen LogP contribution is 2.29. The number of guanidine groups is 1. The maximum Gasteiger partial charge on any atom is 0.291 e. The van der Waals surface area contributed by atoms with Gasteiger partial charge in [-0.2, -0.15) is 0 Å². The van der Waals surface area contributed by atoms with Gasteiger partial charge in [-0.15, -0.1) is 0 Å².